The van der Waals surface area contributed by atoms with Crippen molar-refractivity contribution in [1.29, 1.82) is 0 Å². The average molecular weight is 449 g/mol. The third-order valence-electron chi connectivity index (χ3n) is 4.10. The lowest BCUT2D eigenvalue weighted by molar-refractivity contribution is -0.127. The Morgan fingerprint density at radius 1 is 1.17 bits per heavy atom. The molecule has 0 unspecified atom stereocenters. The van der Waals surface area contributed by atoms with Gasteiger partial charge in [-0.15, -0.1) is 0 Å². The second-order valence-corrected chi connectivity index (χ2v) is 7.53. The number of phenols is 1. The van der Waals surface area contributed by atoms with Crippen molar-refractivity contribution in [2.75, 3.05) is 26.1 Å². The molecule has 1 saturated heterocycles. The molecule has 0 spiro atoms. The van der Waals surface area contributed by atoms with Crippen molar-refractivity contribution < 1.29 is 29.0 Å². The first-order valence-electron chi connectivity index (χ1n) is 8.58. The number of benzene rings is 2. The van der Waals surface area contributed by atoms with E-state index < -0.39 is 23.6 Å². The molecule has 2 N–H and O–H groups in total. The van der Waals surface area contributed by atoms with Crippen LogP contribution < -0.4 is 14.8 Å². The monoisotopic (exact) mass is 448 g/mol. The summed E-state index contributed by atoms with van der Waals surface area (Å²) in [5.74, 6) is -0.982. The predicted octanol–water partition coefficient (Wildman–Crippen LogP) is 3.74. The Morgan fingerprint density at radius 3 is 2.33 bits per heavy atom. The van der Waals surface area contributed by atoms with Gasteiger partial charge in [-0.25, -0.2) is 0 Å². The second-order valence-electron chi connectivity index (χ2n) is 6.10. The Hall–Kier alpha value is -3.17. The van der Waals surface area contributed by atoms with Crippen LogP contribution in [0.3, 0.4) is 0 Å². The summed E-state index contributed by atoms with van der Waals surface area (Å²) in [6, 6.07) is 9.44. The van der Waals surface area contributed by atoms with Crippen LogP contribution in [-0.2, 0) is 9.59 Å². The van der Waals surface area contributed by atoms with Crippen LogP contribution >= 0.6 is 23.4 Å². The summed E-state index contributed by atoms with van der Waals surface area (Å²) in [5, 5.41) is 12.6. The molecule has 0 saturated carbocycles. The fraction of sp³-hybridized carbons (Fsp3) is 0.150. The van der Waals surface area contributed by atoms with Crippen LogP contribution in [0.5, 0.6) is 17.2 Å². The molecule has 3 rings (SSSR count). The molecule has 1 aliphatic heterocycles. The van der Waals surface area contributed by atoms with Crippen LogP contribution in [0, 0.1) is 0 Å². The van der Waals surface area contributed by atoms with Gasteiger partial charge in [-0.3, -0.25) is 19.3 Å². The minimum atomic E-state index is -0.595. The van der Waals surface area contributed by atoms with Gasteiger partial charge < -0.3 is 19.9 Å². The molecule has 156 valence electrons. The maximum Gasteiger partial charge on any atom is 0.294 e. The summed E-state index contributed by atoms with van der Waals surface area (Å²) in [7, 11) is 2.76. The number of hydrogen-bond donors (Lipinski definition) is 2. The highest BCUT2D eigenvalue weighted by atomic mass is 35.5. The summed E-state index contributed by atoms with van der Waals surface area (Å²) in [6.07, 6.45) is 1.46. The Labute approximate surface area is 181 Å². The number of imide groups is 1. The van der Waals surface area contributed by atoms with E-state index >= 15 is 0 Å². The van der Waals surface area contributed by atoms with E-state index in [1.807, 2.05) is 0 Å². The van der Waals surface area contributed by atoms with Gasteiger partial charge in [-0.2, -0.15) is 0 Å². The Kier molecular flexibility index (Phi) is 6.53. The van der Waals surface area contributed by atoms with E-state index in [2.05, 4.69) is 5.32 Å². The number of carbonyl (C=O) groups is 3. The molecule has 8 nitrogen and oxygen atoms in total. The van der Waals surface area contributed by atoms with E-state index in [0.29, 0.717) is 28.0 Å². The fourth-order valence-electron chi connectivity index (χ4n) is 2.66. The maximum atomic E-state index is 12.6. The molecule has 1 heterocycles. The second kappa shape index (κ2) is 9.10. The van der Waals surface area contributed by atoms with E-state index in [-0.39, 0.29) is 22.2 Å². The van der Waals surface area contributed by atoms with E-state index in [1.54, 1.807) is 24.3 Å². The average Bonchev–Trinajstić information content (AvgIpc) is 2.98. The summed E-state index contributed by atoms with van der Waals surface area (Å²) < 4.78 is 10.2. The Bertz CT molecular complexity index is 1010. The summed E-state index contributed by atoms with van der Waals surface area (Å²) in [6.45, 7) is -0.424. The first-order chi connectivity index (χ1) is 14.3. The molecular weight excluding hydrogens is 432 g/mol. The number of halogens is 1. The molecule has 1 fully saturated rings. The number of methoxy groups -OCH3 is 2. The van der Waals surface area contributed by atoms with Crippen LogP contribution in [0.15, 0.2) is 41.3 Å². The third kappa shape index (κ3) is 4.69. The Balaban J connectivity index is 1.75. The lowest BCUT2D eigenvalue weighted by Crippen LogP contribution is -2.36. The molecule has 1 aliphatic rings. The fourth-order valence-corrected chi connectivity index (χ4v) is 3.63. The molecule has 0 atom stereocenters. The molecule has 30 heavy (non-hydrogen) atoms. The zero-order valence-corrected chi connectivity index (χ0v) is 17.5. The van der Waals surface area contributed by atoms with Gasteiger partial charge in [0, 0.05) is 10.7 Å². The van der Waals surface area contributed by atoms with Gasteiger partial charge in [-0.05, 0) is 59.8 Å². The number of nitrogens with zero attached hydrogens (tertiary/aromatic N) is 1. The van der Waals surface area contributed by atoms with Crippen molar-refractivity contribution in [1.82, 2.24) is 4.90 Å². The Morgan fingerprint density at radius 2 is 1.77 bits per heavy atom. The lowest BCUT2D eigenvalue weighted by Gasteiger charge is -2.12. The predicted molar refractivity (Wildman–Crippen MR) is 114 cm³/mol. The highest BCUT2D eigenvalue weighted by Gasteiger charge is 2.36. The zero-order valence-electron chi connectivity index (χ0n) is 16.0. The van der Waals surface area contributed by atoms with Gasteiger partial charge in [0.05, 0.1) is 19.1 Å². The van der Waals surface area contributed by atoms with Crippen LogP contribution in [0.25, 0.3) is 6.08 Å². The molecule has 0 aliphatic carbocycles. The van der Waals surface area contributed by atoms with Crippen molar-refractivity contribution >= 4 is 52.2 Å². The van der Waals surface area contributed by atoms with E-state index in [0.717, 1.165) is 4.90 Å². The molecule has 2 aromatic rings. The number of nitrogens with one attached hydrogen (secondary N) is 1. The van der Waals surface area contributed by atoms with Crippen molar-refractivity contribution in [2.45, 2.75) is 0 Å². The number of rotatable bonds is 6. The van der Waals surface area contributed by atoms with Crippen molar-refractivity contribution in [3.05, 3.63) is 51.9 Å². The number of anilines is 1. The molecule has 0 radical (unpaired) electrons. The summed E-state index contributed by atoms with van der Waals surface area (Å²) >= 11 is 6.52. The van der Waals surface area contributed by atoms with Crippen LogP contribution in [0.1, 0.15) is 5.56 Å². The largest absolute Gasteiger partial charge is 0.502 e. The number of carbonyl (C=O) groups excluding carboxylic acids is 3. The van der Waals surface area contributed by atoms with Crippen molar-refractivity contribution in [3.63, 3.8) is 0 Å². The highest BCUT2D eigenvalue weighted by Crippen LogP contribution is 2.39. The molecule has 2 aromatic carbocycles. The minimum absolute atomic E-state index is 0.133. The number of thioether (sulfide) groups is 1. The van der Waals surface area contributed by atoms with Crippen LogP contribution in [-0.4, -0.2) is 47.8 Å². The summed E-state index contributed by atoms with van der Waals surface area (Å²) in [5.41, 5.74) is 0.979. The van der Waals surface area contributed by atoms with Crippen LogP contribution in [0.2, 0.25) is 5.02 Å². The standard InChI is InChI=1S/C20H17ClN2O6S/c1-28-14-7-11(8-15(29-2)18(14)25)9-16-19(26)23(20(27)30-16)10-17(24)22-13-5-3-12(21)4-6-13/h3-9,25H,10H2,1-2H3,(H,22,24)/b16-9+. The van der Waals surface area contributed by atoms with Gasteiger partial charge >= 0.3 is 0 Å². The first kappa shape index (κ1) is 21.5. The first-order valence-corrected chi connectivity index (χ1v) is 9.77. The molecule has 0 bridgehead atoms. The topological polar surface area (TPSA) is 105 Å². The third-order valence-corrected chi connectivity index (χ3v) is 5.26. The number of hydrogen-bond acceptors (Lipinski definition) is 7. The maximum absolute atomic E-state index is 12.6. The van der Waals surface area contributed by atoms with Crippen LogP contribution in [0.4, 0.5) is 10.5 Å². The quantitative estimate of drug-likeness (QED) is 0.648. The van der Waals surface area contributed by atoms with Gasteiger partial charge in [0.1, 0.15) is 6.54 Å². The SMILES string of the molecule is COc1cc(/C=C2/SC(=O)N(CC(=O)Nc3ccc(Cl)cc3)C2=O)cc(OC)c1O. The molecular formula is C20H17ClN2O6S. The number of ether oxygens (including phenoxy) is 2. The molecule has 3 amide bonds. The zero-order chi connectivity index (χ0) is 21.8. The molecule has 0 aromatic heterocycles. The van der Waals surface area contributed by atoms with Crippen molar-refractivity contribution in [3.8, 4) is 17.2 Å². The van der Waals surface area contributed by atoms with E-state index in [1.165, 1.54) is 32.4 Å². The number of aromatic hydroxyl groups is 1. The van der Waals surface area contributed by atoms with E-state index in [4.69, 9.17) is 21.1 Å². The van der Waals surface area contributed by atoms with Crippen molar-refractivity contribution in [2.24, 2.45) is 0 Å². The summed E-state index contributed by atoms with van der Waals surface area (Å²) in [4.78, 5) is 38.1. The number of phenolic OH excluding ortho intramolecular Hbond substituents is 1. The number of amides is 3. The van der Waals surface area contributed by atoms with Gasteiger partial charge in [0.2, 0.25) is 11.7 Å². The van der Waals surface area contributed by atoms with E-state index in [9.17, 15) is 19.5 Å². The smallest absolute Gasteiger partial charge is 0.294 e. The van der Waals surface area contributed by atoms with Gasteiger partial charge in [0.25, 0.3) is 11.1 Å². The van der Waals surface area contributed by atoms with Gasteiger partial charge in [0.15, 0.2) is 11.5 Å². The lowest BCUT2D eigenvalue weighted by atomic mass is 10.1. The minimum Gasteiger partial charge on any atom is -0.502 e. The molecule has 10 heteroatoms. The highest BCUT2D eigenvalue weighted by molar-refractivity contribution is 8.18. The van der Waals surface area contributed by atoms with Gasteiger partial charge in [-0.1, -0.05) is 11.6 Å². The normalized spacial score (nSPS) is 14.9.